The molecular weight excluding hydrogens is 436 g/mol. The van der Waals surface area contributed by atoms with Crippen molar-refractivity contribution in [2.24, 2.45) is 11.8 Å². The van der Waals surface area contributed by atoms with Crippen LogP contribution in [0.1, 0.15) is 30.4 Å². The molecule has 3 amide bonds. The summed E-state index contributed by atoms with van der Waals surface area (Å²) in [4.78, 5) is 52.3. The van der Waals surface area contributed by atoms with Crippen molar-refractivity contribution in [1.29, 1.82) is 0 Å². The van der Waals surface area contributed by atoms with Crippen molar-refractivity contribution < 1.29 is 19.3 Å². The van der Waals surface area contributed by atoms with Gasteiger partial charge in [0.1, 0.15) is 0 Å². The Morgan fingerprint density at radius 1 is 1.03 bits per heavy atom. The predicted octanol–water partition coefficient (Wildman–Crippen LogP) is 3.44. The van der Waals surface area contributed by atoms with Crippen LogP contribution in [0, 0.1) is 35.8 Å². The van der Waals surface area contributed by atoms with E-state index >= 15 is 0 Å². The van der Waals surface area contributed by atoms with Crippen molar-refractivity contribution in [1.82, 2.24) is 4.90 Å². The van der Waals surface area contributed by atoms with Gasteiger partial charge in [0.05, 0.1) is 16.5 Å². The minimum absolute atomic E-state index is 0.0450. The van der Waals surface area contributed by atoms with E-state index in [0.717, 1.165) is 16.8 Å². The van der Waals surface area contributed by atoms with Crippen LogP contribution in [-0.4, -0.2) is 47.2 Å². The number of rotatable bonds is 5. The minimum atomic E-state index is -0.493. The van der Waals surface area contributed by atoms with Crippen molar-refractivity contribution >= 4 is 34.8 Å². The van der Waals surface area contributed by atoms with Crippen LogP contribution >= 0.6 is 0 Å². The van der Waals surface area contributed by atoms with Crippen molar-refractivity contribution in [2.75, 3.05) is 29.9 Å². The van der Waals surface area contributed by atoms with Crippen LogP contribution < -0.4 is 10.2 Å². The molecule has 0 saturated carbocycles. The number of anilines is 2. The first-order chi connectivity index (χ1) is 16.2. The number of non-ortho nitro benzene ring substituents is 1. The Kier molecular flexibility index (Phi) is 6.63. The van der Waals surface area contributed by atoms with Gasteiger partial charge in [-0.05, 0) is 44.4 Å². The molecule has 9 nitrogen and oxygen atoms in total. The quantitative estimate of drug-likeness (QED) is 0.538. The summed E-state index contributed by atoms with van der Waals surface area (Å²) in [5, 5.41) is 13.8. The number of nitro groups is 1. The van der Waals surface area contributed by atoms with Gasteiger partial charge in [0.25, 0.3) is 5.69 Å². The third-order valence-corrected chi connectivity index (χ3v) is 6.69. The number of nitrogens with zero attached hydrogens (tertiary/aromatic N) is 3. The molecule has 2 heterocycles. The highest BCUT2D eigenvalue weighted by Gasteiger charge is 2.38. The largest absolute Gasteiger partial charge is 0.342 e. The lowest BCUT2D eigenvalue weighted by atomic mass is 9.94. The molecule has 2 aliphatic rings. The second kappa shape index (κ2) is 9.62. The van der Waals surface area contributed by atoms with E-state index in [4.69, 9.17) is 0 Å². The summed E-state index contributed by atoms with van der Waals surface area (Å²) in [6, 6.07) is 12.1. The molecule has 1 atom stereocenters. The third kappa shape index (κ3) is 4.93. The number of nitro benzene ring substituents is 1. The van der Waals surface area contributed by atoms with Crippen LogP contribution in [0.4, 0.5) is 17.1 Å². The molecule has 0 aliphatic carbocycles. The number of benzene rings is 2. The normalized spacial score (nSPS) is 18.8. The molecule has 9 heteroatoms. The maximum atomic E-state index is 13.1. The Morgan fingerprint density at radius 2 is 1.71 bits per heavy atom. The summed E-state index contributed by atoms with van der Waals surface area (Å²) < 4.78 is 0. The molecule has 0 spiro atoms. The van der Waals surface area contributed by atoms with E-state index in [1.807, 2.05) is 31.2 Å². The molecule has 0 aromatic heterocycles. The topological polar surface area (TPSA) is 113 Å². The number of carbonyl (C=O) groups is 3. The molecule has 0 unspecified atom stereocenters. The van der Waals surface area contributed by atoms with E-state index in [2.05, 4.69) is 5.32 Å². The zero-order valence-corrected chi connectivity index (χ0v) is 19.3. The summed E-state index contributed by atoms with van der Waals surface area (Å²) in [7, 11) is 0. The molecule has 2 aromatic carbocycles. The molecule has 0 bridgehead atoms. The number of hydrogen-bond donors (Lipinski definition) is 1. The average molecular weight is 465 g/mol. The molecule has 2 saturated heterocycles. The third-order valence-electron chi connectivity index (χ3n) is 6.69. The Bertz CT molecular complexity index is 1120. The maximum Gasteiger partial charge on any atom is 0.271 e. The Hall–Kier alpha value is -3.75. The van der Waals surface area contributed by atoms with E-state index in [-0.39, 0.29) is 41.7 Å². The highest BCUT2D eigenvalue weighted by atomic mass is 16.6. The van der Waals surface area contributed by atoms with Gasteiger partial charge in [-0.1, -0.05) is 23.8 Å². The Labute approximate surface area is 197 Å². The maximum absolute atomic E-state index is 13.1. The lowest BCUT2D eigenvalue weighted by Crippen LogP contribution is -2.44. The molecule has 2 aromatic rings. The summed E-state index contributed by atoms with van der Waals surface area (Å²) in [5.74, 6) is -0.957. The van der Waals surface area contributed by atoms with Crippen LogP contribution in [0.25, 0.3) is 0 Å². The van der Waals surface area contributed by atoms with E-state index in [9.17, 15) is 24.5 Å². The lowest BCUT2D eigenvalue weighted by Gasteiger charge is -2.33. The standard InChI is InChI=1S/C25H28N4O5/c1-16-3-6-20(7-4-16)28-15-19(13-23(28)30)25(32)27-11-9-18(10-12-27)24(31)26-22-14-21(29(33)34)8-5-17(22)2/h3-8,14,18-19H,9-13,15H2,1-2H3,(H,26,31)/t19-/m1/s1. The molecule has 4 rings (SSSR count). The Morgan fingerprint density at radius 3 is 2.35 bits per heavy atom. The monoisotopic (exact) mass is 464 g/mol. The Balaban J connectivity index is 1.32. The fourth-order valence-electron chi connectivity index (χ4n) is 4.56. The number of amides is 3. The van der Waals surface area contributed by atoms with E-state index < -0.39 is 4.92 Å². The van der Waals surface area contributed by atoms with Gasteiger partial charge >= 0.3 is 0 Å². The van der Waals surface area contributed by atoms with Gasteiger partial charge in [-0.25, -0.2) is 0 Å². The number of aryl methyl sites for hydroxylation is 2. The highest BCUT2D eigenvalue weighted by molar-refractivity contribution is 6.00. The smallest absolute Gasteiger partial charge is 0.271 e. The number of carbonyl (C=O) groups excluding carboxylic acids is 3. The van der Waals surface area contributed by atoms with Crippen LogP contribution in [0.3, 0.4) is 0 Å². The van der Waals surface area contributed by atoms with Gasteiger partial charge in [0.15, 0.2) is 0 Å². The van der Waals surface area contributed by atoms with Crippen molar-refractivity contribution in [3.8, 4) is 0 Å². The van der Waals surface area contributed by atoms with Gasteiger partial charge in [0, 0.05) is 49.8 Å². The van der Waals surface area contributed by atoms with Crippen LogP contribution in [0.15, 0.2) is 42.5 Å². The summed E-state index contributed by atoms with van der Waals surface area (Å²) in [5.41, 5.74) is 3.01. The summed E-state index contributed by atoms with van der Waals surface area (Å²) >= 11 is 0. The van der Waals surface area contributed by atoms with Gasteiger partial charge in [-0.15, -0.1) is 0 Å². The summed E-state index contributed by atoms with van der Waals surface area (Å²) in [6.45, 7) is 5.02. The van der Waals surface area contributed by atoms with Crippen LogP contribution in [0.2, 0.25) is 0 Å². The molecule has 2 fully saturated rings. The van der Waals surface area contributed by atoms with Crippen molar-refractivity contribution in [3.63, 3.8) is 0 Å². The first-order valence-corrected chi connectivity index (χ1v) is 11.4. The second-order valence-electron chi connectivity index (χ2n) is 9.09. The molecule has 0 radical (unpaired) electrons. The molecule has 2 aliphatic heterocycles. The first-order valence-electron chi connectivity index (χ1n) is 11.4. The number of nitrogens with one attached hydrogen (secondary N) is 1. The first kappa shape index (κ1) is 23.4. The summed E-state index contributed by atoms with van der Waals surface area (Å²) in [6.07, 6.45) is 1.21. The lowest BCUT2D eigenvalue weighted by molar-refractivity contribution is -0.384. The molecule has 34 heavy (non-hydrogen) atoms. The molecule has 1 N–H and O–H groups in total. The van der Waals surface area contributed by atoms with Gasteiger partial charge in [-0.3, -0.25) is 24.5 Å². The number of hydrogen-bond acceptors (Lipinski definition) is 5. The van der Waals surface area contributed by atoms with Crippen LogP contribution in [0.5, 0.6) is 0 Å². The van der Waals surface area contributed by atoms with Crippen molar-refractivity contribution in [3.05, 3.63) is 63.7 Å². The zero-order valence-electron chi connectivity index (χ0n) is 19.3. The number of likely N-dealkylation sites (tertiary alicyclic amines) is 1. The molecular formula is C25H28N4O5. The van der Waals surface area contributed by atoms with Gasteiger partial charge in [-0.2, -0.15) is 0 Å². The zero-order chi connectivity index (χ0) is 24.4. The van der Waals surface area contributed by atoms with E-state index in [0.29, 0.717) is 38.2 Å². The minimum Gasteiger partial charge on any atom is -0.342 e. The number of piperidine rings is 1. The van der Waals surface area contributed by atoms with Crippen molar-refractivity contribution in [2.45, 2.75) is 33.1 Å². The van der Waals surface area contributed by atoms with Crippen LogP contribution in [-0.2, 0) is 14.4 Å². The van der Waals surface area contributed by atoms with E-state index in [1.165, 1.54) is 12.1 Å². The SMILES string of the molecule is Cc1ccc(N2C[C@H](C(=O)N3CCC(C(=O)Nc4cc([N+](=O)[O-])ccc4C)CC3)CC2=O)cc1. The highest BCUT2D eigenvalue weighted by Crippen LogP contribution is 2.29. The van der Waals surface area contributed by atoms with Gasteiger partial charge in [0.2, 0.25) is 17.7 Å². The second-order valence-corrected chi connectivity index (χ2v) is 9.09. The fourth-order valence-corrected chi connectivity index (χ4v) is 4.56. The van der Waals surface area contributed by atoms with E-state index in [1.54, 1.807) is 22.8 Å². The average Bonchev–Trinajstić information content (AvgIpc) is 3.22. The fraction of sp³-hybridized carbons (Fsp3) is 0.400. The van der Waals surface area contributed by atoms with Gasteiger partial charge < -0.3 is 15.1 Å². The predicted molar refractivity (Wildman–Crippen MR) is 127 cm³/mol. The molecule has 178 valence electrons.